The minimum absolute atomic E-state index is 0.416. The number of carbonyl (C=O) groups is 1. The molecule has 2 N–H and O–H groups in total. The molecule has 4 nitrogen and oxygen atoms in total. The molecule has 1 heterocycles. The standard InChI is InChI=1S/C7H10IN3O/c1-5-4-6(7(9)12)11(10-5)3-2-8/h4H,2-3H2,1H3,(H2,9,12). The van der Waals surface area contributed by atoms with E-state index >= 15 is 0 Å². The van der Waals surface area contributed by atoms with E-state index in [0.29, 0.717) is 5.69 Å². The van der Waals surface area contributed by atoms with Crippen LogP contribution >= 0.6 is 22.6 Å². The maximum absolute atomic E-state index is 10.9. The second-order valence-electron chi connectivity index (χ2n) is 2.45. The number of rotatable bonds is 3. The van der Waals surface area contributed by atoms with Gasteiger partial charge in [0.15, 0.2) is 0 Å². The predicted molar refractivity (Wildman–Crippen MR) is 54.4 cm³/mol. The highest BCUT2D eigenvalue weighted by Gasteiger charge is 2.09. The number of aromatic nitrogens is 2. The SMILES string of the molecule is Cc1cc(C(N)=O)n(CCI)n1. The second kappa shape index (κ2) is 3.88. The lowest BCUT2D eigenvalue weighted by Gasteiger charge is -2.00. The predicted octanol–water partition coefficient (Wildman–Crippen LogP) is 0.725. The molecule has 12 heavy (non-hydrogen) atoms. The van der Waals surface area contributed by atoms with Crippen LogP contribution in [0, 0.1) is 6.92 Å². The molecule has 0 radical (unpaired) electrons. The van der Waals surface area contributed by atoms with Crippen LogP contribution in [0.2, 0.25) is 0 Å². The van der Waals surface area contributed by atoms with E-state index in [9.17, 15) is 4.79 Å². The largest absolute Gasteiger partial charge is 0.364 e. The molecule has 0 aliphatic heterocycles. The van der Waals surface area contributed by atoms with Crippen molar-refractivity contribution in [2.24, 2.45) is 5.73 Å². The lowest BCUT2D eigenvalue weighted by Crippen LogP contribution is -2.18. The molecular formula is C7H10IN3O. The van der Waals surface area contributed by atoms with Crippen molar-refractivity contribution in [3.8, 4) is 0 Å². The zero-order valence-corrected chi connectivity index (χ0v) is 8.91. The van der Waals surface area contributed by atoms with Crippen LogP contribution in [-0.2, 0) is 6.54 Å². The van der Waals surface area contributed by atoms with Crippen molar-refractivity contribution in [3.63, 3.8) is 0 Å². The normalized spacial score (nSPS) is 10.2. The fourth-order valence-electron chi connectivity index (χ4n) is 0.994. The maximum atomic E-state index is 10.9. The van der Waals surface area contributed by atoms with Crippen molar-refractivity contribution in [1.29, 1.82) is 0 Å². The second-order valence-corrected chi connectivity index (χ2v) is 3.53. The van der Waals surface area contributed by atoms with Gasteiger partial charge in [-0.3, -0.25) is 9.48 Å². The van der Waals surface area contributed by atoms with Gasteiger partial charge >= 0.3 is 0 Å². The van der Waals surface area contributed by atoms with Crippen molar-refractivity contribution < 1.29 is 4.79 Å². The van der Waals surface area contributed by atoms with Crippen LogP contribution in [0.25, 0.3) is 0 Å². The number of aryl methyl sites for hydroxylation is 2. The highest BCUT2D eigenvalue weighted by molar-refractivity contribution is 14.1. The molecule has 0 unspecified atom stereocenters. The zero-order valence-electron chi connectivity index (χ0n) is 6.75. The van der Waals surface area contributed by atoms with E-state index in [2.05, 4.69) is 27.7 Å². The first kappa shape index (κ1) is 9.50. The average molecular weight is 279 g/mol. The van der Waals surface area contributed by atoms with Gasteiger partial charge in [0.05, 0.1) is 12.2 Å². The smallest absolute Gasteiger partial charge is 0.266 e. The number of primary amides is 1. The van der Waals surface area contributed by atoms with Gasteiger partial charge < -0.3 is 5.73 Å². The first-order chi connectivity index (χ1) is 5.65. The van der Waals surface area contributed by atoms with Crippen LogP contribution in [0.1, 0.15) is 16.2 Å². The van der Waals surface area contributed by atoms with Crippen molar-refractivity contribution in [1.82, 2.24) is 9.78 Å². The van der Waals surface area contributed by atoms with Gasteiger partial charge in [0.25, 0.3) is 5.91 Å². The van der Waals surface area contributed by atoms with Crippen LogP contribution in [0.3, 0.4) is 0 Å². The van der Waals surface area contributed by atoms with E-state index in [1.165, 1.54) is 0 Å². The Morgan fingerprint density at radius 1 is 1.83 bits per heavy atom. The number of amides is 1. The molecule has 0 saturated heterocycles. The molecule has 1 rings (SSSR count). The Balaban J connectivity index is 2.99. The summed E-state index contributed by atoms with van der Waals surface area (Å²) in [5.74, 6) is -0.416. The molecule has 1 aromatic rings. The molecule has 1 amide bonds. The Bertz CT molecular complexity index is 295. The van der Waals surface area contributed by atoms with Crippen molar-refractivity contribution >= 4 is 28.5 Å². The quantitative estimate of drug-likeness (QED) is 0.655. The number of hydrogen-bond acceptors (Lipinski definition) is 2. The number of alkyl halides is 1. The third-order valence-electron chi connectivity index (χ3n) is 1.45. The van der Waals surface area contributed by atoms with E-state index < -0.39 is 5.91 Å². The van der Waals surface area contributed by atoms with Crippen LogP contribution in [-0.4, -0.2) is 20.1 Å². The van der Waals surface area contributed by atoms with Crippen molar-refractivity contribution in [2.75, 3.05) is 4.43 Å². The summed E-state index contributed by atoms with van der Waals surface area (Å²) in [5, 5.41) is 4.13. The highest BCUT2D eigenvalue weighted by Crippen LogP contribution is 2.03. The zero-order chi connectivity index (χ0) is 9.14. The number of nitrogens with two attached hydrogens (primary N) is 1. The molecule has 0 spiro atoms. The summed E-state index contributed by atoms with van der Waals surface area (Å²) in [5.41, 5.74) is 6.47. The number of carbonyl (C=O) groups excluding carboxylic acids is 1. The summed E-state index contributed by atoms with van der Waals surface area (Å²) in [4.78, 5) is 10.9. The lowest BCUT2D eigenvalue weighted by atomic mass is 10.3. The molecule has 66 valence electrons. The lowest BCUT2D eigenvalue weighted by molar-refractivity contribution is 0.0990. The summed E-state index contributed by atoms with van der Waals surface area (Å²) in [6.45, 7) is 2.57. The minimum atomic E-state index is -0.416. The van der Waals surface area contributed by atoms with E-state index in [1.54, 1.807) is 10.7 Å². The molecule has 0 aliphatic rings. The summed E-state index contributed by atoms with van der Waals surface area (Å²) < 4.78 is 2.56. The Labute approximate surface area is 84.3 Å². The maximum Gasteiger partial charge on any atom is 0.266 e. The van der Waals surface area contributed by atoms with Crippen LogP contribution in [0.4, 0.5) is 0 Å². The van der Waals surface area contributed by atoms with Crippen LogP contribution < -0.4 is 5.73 Å². The highest BCUT2D eigenvalue weighted by atomic mass is 127. The fraction of sp³-hybridized carbons (Fsp3) is 0.429. The van der Waals surface area contributed by atoms with Gasteiger partial charge in [0.1, 0.15) is 5.69 Å². The average Bonchev–Trinajstić information content (AvgIpc) is 2.32. The summed E-state index contributed by atoms with van der Waals surface area (Å²) in [6.07, 6.45) is 0. The van der Waals surface area contributed by atoms with Crippen LogP contribution in [0.5, 0.6) is 0 Å². The molecule has 5 heteroatoms. The van der Waals surface area contributed by atoms with E-state index in [1.807, 2.05) is 6.92 Å². The Kier molecular flexibility index (Phi) is 3.07. The number of hydrogen-bond donors (Lipinski definition) is 1. The molecule has 0 saturated carbocycles. The first-order valence-corrected chi connectivity index (χ1v) is 5.08. The first-order valence-electron chi connectivity index (χ1n) is 3.55. The fourth-order valence-corrected chi connectivity index (χ4v) is 1.45. The summed E-state index contributed by atoms with van der Waals surface area (Å²) >= 11 is 2.23. The molecule has 0 aliphatic carbocycles. The van der Waals surface area contributed by atoms with Crippen molar-refractivity contribution in [2.45, 2.75) is 13.5 Å². The Morgan fingerprint density at radius 3 is 3.00 bits per heavy atom. The molecule has 0 aromatic carbocycles. The van der Waals surface area contributed by atoms with Gasteiger partial charge in [-0.25, -0.2) is 0 Å². The third kappa shape index (κ3) is 1.96. The molecule has 0 bridgehead atoms. The number of halogens is 1. The third-order valence-corrected chi connectivity index (χ3v) is 1.93. The van der Waals surface area contributed by atoms with Gasteiger partial charge in [-0.05, 0) is 13.0 Å². The Hall–Kier alpha value is -0.590. The van der Waals surface area contributed by atoms with E-state index in [4.69, 9.17) is 5.73 Å². The van der Waals surface area contributed by atoms with E-state index in [0.717, 1.165) is 16.7 Å². The monoisotopic (exact) mass is 279 g/mol. The van der Waals surface area contributed by atoms with Gasteiger partial charge in [-0.1, -0.05) is 22.6 Å². The summed E-state index contributed by atoms with van der Waals surface area (Å²) in [6, 6.07) is 1.70. The van der Waals surface area contributed by atoms with Crippen LogP contribution in [0.15, 0.2) is 6.07 Å². The van der Waals surface area contributed by atoms with Gasteiger partial charge in [0, 0.05) is 4.43 Å². The topological polar surface area (TPSA) is 60.9 Å². The van der Waals surface area contributed by atoms with Gasteiger partial charge in [0.2, 0.25) is 0 Å². The molecule has 0 fully saturated rings. The van der Waals surface area contributed by atoms with Gasteiger partial charge in [-0.15, -0.1) is 0 Å². The molecule has 1 aromatic heterocycles. The molecule has 0 atom stereocenters. The Morgan fingerprint density at radius 2 is 2.50 bits per heavy atom. The summed E-state index contributed by atoms with van der Waals surface area (Å²) in [7, 11) is 0. The minimum Gasteiger partial charge on any atom is -0.364 e. The van der Waals surface area contributed by atoms with Gasteiger partial charge in [-0.2, -0.15) is 5.10 Å². The van der Waals surface area contributed by atoms with E-state index in [-0.39, 0.29) is 0 Å². The number of nitrogens with zero attached hydrogens (tertiary/aromatic N) is 2. The van der Waals surface area contributed by atoms with Crippen molar-refractivity contribution in [3.05, 3.63) is 17.5 Å². The molecular weight excluding hydrogens is 269 g/mol.